The number of rotatable bonds is 7. The van der Waals surface area contributed by atoms with E-state index in [4.69, 9.17) is 0 Å². The van der Waals surface area contributed by atoms with Gasteiger partial charge in [0.05, 0.1) is 5.00 Å². The number of urea groups is 1. The predicted molar refractivity (Wildman–Crippen MR) is 99.4 cm³/mol. The van der Waals surface area contributed by atoms with Gasteiger partial charge in [0.1, 0.15) is 5.82 Å². The van der Waals surface area contributed by atoms with Crippen LogP contribution in [0.1, 0.15) is 0 Å². The minimum absolute atomic E-state index is 0.229. The van der Waals surface area contributed by atoms with Crippen LogP contribution in [0.25, 0.3) is 0 Å². The van der Waals surface area contributed by atoms with Crippen LogP contribution in [0.4, 0.5) is 27.1 Å². The number of carbonyl (C=O) groups is 1. The maximum Gasteiger partial charge on any atom is 0.319 e. The topological polar surface area (TPSA) is 104 Å². The molecule has 3 aromatic rings. The van der Waals surface area contributed by atoms with Crippen molar-refractivity contribution in [3.63, 3.8) is 0 Å². The van der Waals surface area contributed by atoms with Crippen LogP contribution in [0.15, 0.2) is 54.2 Å². The van der Waals surface area contributed by atoms with E-state index in [-0.39, 0.29) is 6.03 Å². The van der Waals surface area contributed by atoms with E-state index in [2.05, 4.69) is 36.4 Å². The van der Waals surface area contributed by atoms with Crippen LogP contribution in [0, 0.1) is 0 Å². The molecule has 2 amide bonds. The summed E-state index contributed by atoms with van der Waals surface area (Å²) in [5.41, 5.74) is 0.894. The highest BCUT2D eigenvalue weighted by Crippen LogP contribution is 2.14. The molecule has 0 atom stereocenters. The molecule has 0 spiro atoms. The molecular formula is C16H17N7OS. The zero-order valence-corrected chi connectivity index (χ0v) is 14.1. The number of nitrogens with one attached hydrogen (secondary N) is 4. The lowest BCUT2D eigenvalue weighted by atomic mass is 10.4. The van der Waals surface area contributed by atoms with Gasteiger partial charge in [0.15, 0.2) is 5.82 Å². The molecule has 0 aliphatic heterocycles. The summed E-state index contributed by atoms with van der Waals surface area (Å²) in [5.74, 6) is 1.28. The fourth-order valence-electron chi connectivity index (χ4n) is 1.95. The van der Waals surface area contributed by atoms with Crippen molar-refractivity contribution >= 4 is 39.7 Å². The molecule has 0 radical (unpaired) electrons. The summed E-state index contributed by atoms with van der Waals surface area (Å²) in [6.45, 7) is 1.01. The van der Waals surface area contributed by atoms with E-state index in [1.807, 2.05) is 41.8 Å². The molecule has 3 heterocycles. The Morgan fingerprint density at radius 1 is 1.00 bits per heavy atom. The van der Waals surface area contributed by atoms with Crippen LogP contribution >= 0.6 is 11.3 Å². The monoisotopic (exact) mass is 355 g/mol. The highest BCUT2D eigenvalue weighted by molar-refractivity contribution is 7.14. The highest BCUT2D eigenvalue weighted by Gasteiger charge is 2.02. The van der Waals surface area contributed by atoms with Crippen molar-refractivity contribution in [2.45, 2.75) is 0 Å². The first-order chi connectivity index (χ1) is 12.3. The third-order valence-corrected chi connectivity index (χ3v) is 3.88. The first-order valence-corrected chi connectivity index (χ1v) is 8.50. The SMILES string of the molecule is O=C(NCCNc1ccc(Nc2ccncc2)nn1)Nc1cccs1. The van der Waals surface area contributed by atoms with Crippen molar-refractivity contribution in [2.24, 2.45) is 0 Å². The highest BCUT2D eigenvalue weighted by atomic mass is 32.1. The van der Waals surface area contributed by atoms with Gasteiger partial charge in [-0.05, 0) is 41.8 Å². The molecule has 8 nitrogen and oxygen atoms in total. The van der Waals surface area contributed by atoms with Crippen LogP contribution in [0.5, 0.6) is 0 Å². The van der Waals surface area contributed by atoms with Gasteiger partial charge in [-0.3, -0.25) is 10.3 Å². The largest absolute Gasteiger partial charge is 0.367 e. The molecule has 0 aromatic carbocycles. The van der Waals surface area contributed by atoms with Crippen molar-refractivity contribution in [1.29, 1.82) is 0 Å². The van der Waals surface area contributed by atoms with Gasteiger partial charge in [-0.2, -0.15) is 0 Å². The van der Waals surface area contributed by atoms with Crippen molar-refractivity contribution in [2.75, 3.05) is 29.0 Å². The predicted octanol–water partition coefficient (Wildman–Crippen LogP) is 2.91. The van der Waals surface area contributed by atoms with Gasteiger partial charge in [-0.1, -0.05) is 0 Å². The van der Waals surface area contributed by atoms with E-state index in [0.717, 1.165) is 10.7 Å². The van der Waals surface area contributed by atoms with Gasteiger partial charge in [0.2, 0.25) is 0 Å². The van der Waals surface area contributed by atoms with Crippen LogP contribution in [0.3, 0.4) is 0 Å². The Morgan fingerprint density at radius 3 is 2.52 bits per heavy atom. The Labute approximate surface area is 148 Å². The average Bonchev–Trinajstić information content (AvgIpc) is 3.14. The average molecular weight is 355 g/mol. The molecule has 0 fully saturated rings. The molecule has 0 unspecified atom stereocenters. The van der Waals surface area contributed by atoms with Gasteiger partial charge in [-0.25, -0.2) is 4.79 Å². The summed E-state index contributed by atoms with van der Waals surface area (Å²) in [4.78, 5) is 15.6. The van der Waals surface area contributed by atoms with E-state index in [1.54, 1.807) is 12.4 Å². The lowest BCUT2D eigenvalue weighted by molar-refractivity contribution is 0.252. The van der Waals surface area contributed by atoms with Gasteiger partial charge in [-0.15, -0.1) is 21.5 Å². The number of hydrogen-bond acceptors (Lipinski definition) is 7. The van der Waals surface area contributed by atoms with Crippen LogP contribution < -0.4 is 21.3 Å². The summed E-state index contributed by atoms with van der Waals surface area (Å²) in [6, 6.07) is 10.8. The standard InChI is InChI=1S/C16H17N7OS/c24-16(21-15-2-1-11-25-15)19-10-9-18-13-3-4-14(23-22-13)20-12-5-7-17-8-6-12/h1-8,11H,9-10H2,(H,18,22)(H,17,20,23)(H2,19,21,24). The second-order valence-corrected chi connectivity index (χ2v) is 5.90. The number of hydrogen-bond donors (Lipinski definition) is 4. The Kier molecular flexibility index (Phi) is 5.73. The fourth-order valence-corrected chi connectivity index (χ4v) is 2.56. The van der Waals surface area contributed by atoms with Gasteiger partial charge in [0.25, 0.3) is 0 Å². The Morgan fingerprint density at radius 2 is 1.80 bits per heavy atom. The molecule has 4 N–H and O–H groups in total. The lowest BCUT2D eigenvalue weighted by Crippen LogP contribution is -2.32. The first-order valence-electron chi connectivity index (χ1n) is 7.62. The van der Waals surface area contributed by atoms with Crippen LogP contribution in [-0.2, 0) is 0 Å². The summed E-state index contributed by atoms with van der Waals surface area (Å²) in [6.07, 6.45) is 3.40. The minimum Gasteiger partial charge on any atom is -0.367 e. The van der Waals surface area contributed by atoms with Crippen LogP contribution in [-0.4, -0.2) is 34.3 Å². The number of pyridine rings is 1. The first kappa shape index (κ1) is 16.7. The van der Waals surface area contributed by atoms with Crippen LogP contribution in [0.2, 0.25) is 0 Å². The number of nitrogens with zero attached hydrogens (tertiary/aromatic N) is 3. The molecule has 0 saturated heterocycles. The molecule has 0 aliphatic rings. The summed E-state index contributed by atoms with van der Waals surface area (Å²) in [5, 5.41) is 22.6. The number of thiophene rings is 1. The number of amides is 2. The van der Waals surface area contributed by atoms with E-state index in [1.165, 1.54) is 11.3 Å². The number of anilines is 4. The maximum absolute atomic E-state index is 11.7. The van der Waals surface area contributed by atoms with E-state index in [0.29, 0.717) is 24.7 Å². The molecule has 3 aromatic heterocycles. The molecular weight excluding hydrogens is 338 g/mol. The fraction of sp³-hybridized carbons (Fsp3) is 0.125. The number of aromatic nitrogens is 3. The zero-order chi connectivity index (χ0) is 17.3. The molecule has 0 saturated carbocycles. The summed E-state index contributed by atoms with van der Waals surface area (Å²) >= 11 is 1.47. The quantitative estimate of drug-likeness (QED) is 0.486. The second-order valence-electron chi connectivity index (χ2n) is 4.95. The van der Waals surface area contributed by atoms with Gasteiger partial charge < -0.3 is 16.0 Å². The van der Waals surface area contributed by atoms with Crippen molar-refractivity contribution in [1.82, 2.24) is 20.5 Å². The zero-order valence-electron chi connectivity index (χ0n) is 13.3. The lowest BCUT2D eigenvalue weighted by Gasteiger charge is -2.08. The summed E-state index contributed by atoms with van der Waals surface area (Å²) in [7, 11) is 0. The molecule has 3 rings (SSSR count). The second kappa shape index (κ2) is 8.60. The third-order valence-electron chi connectivity index (χ3n) is 3.09. The van der Waals surface area contributed by atoms with Crippen molar-refractivity contribution in [3.05, 3.63) is 54.2 Å². The van der Waals surface area contributed by atoms with Gasteiger partial charge in [0, 0.05) is 31.2 Å². The minimum atomic E-state index is -0.229. The normalized spacial score (nSPS) is 10.1. The molecule has 0 aliphatic carbocycles. The Bertz CT molecular complexity index is 778. The van der Waals surface area contributed by atoms with Gasteiger partial charge >= 0.3 is 6.03 Å². The number of carbonyl (C=O) groups excluding carboxylic acids is 1. The molecule has 128 valence electrons. The molecule has 9 heteroatoms. The third kappa shape index (κ3) is 5.43. The van der Waals surface area contributed by atoms with E-state index >= 15 is 0 Å². The Balaban J connectivity index is 1.38. The molecule has 25 heavy (non-hydrogen) atoms. The molecule has 0 bridgehead atoms. The van der Waals surface area contributed by atoms with Crippen molar-refractivity contribution < 1.29 is 4.79 Å². The van der Waals surface area contributed by atoms with E-state index < -0.39 is 0 Å². The maximum atomic E-state index is 11.7. The van der Waals surface area contributed by atoms with E-state index in [9.17, 15) is 4.79 Å². The smallest absolute Gasteiger partial charge is 0.319 e. The summed E-state index contributed by atoms with van der Waals surface area (Å²) < 4.78 is 0. The van der Waals surface area contributed by atoms with Crippen molar-refractivity contribution in [3.8, 4) is 0 Å². The Hall–Kier alpha value is -3.20.